The molecule has 162 valence electrons. The summed E-state index contributed by atoms with van der Waals surface area (Å²) in [6, 6.07) is 11.1. The molecule has 9 heteroatoms. The summed E-state index contributed by atoms with van der Waals surface area (Å²) in [5.74, 6) is -0.456. The number of aromatic amines is 1. The molecular formula is C22H21BrN2O5S. The number of benzene rings is 1. The first kappa shape index (κ1) is 21.6. The normalized spacial score (nSPS) is 13.4. The number of carbonyl (C=O) groups is 1. The Bertz CT molecular complexity index is 1320. The third-order valence-corrected chi connectivity index (χ3v) is 7.48. The number of ether oxygens (including phenoxy) is 1. The Hall–Kier alpha value is -2.65. The zero-order chi connectivity index (χ0) is 22.3. The lowest BCUT2D eigenvalue weighted by Gasteiger charge is -2.13. The molecule has 0 aliphatic carbocycles. The smallest absolute Gasteiger partial charge is 0.356 e. The van der Waals surface area contributed by atoms with Crippen molar-refractivity contribution in [3.63, 3.8) is 0 Å². The van der Waals surface area contributed by atoms with Gasteiger partial charge in [0.1, 0.15) is 10.6 Å². The van der Waals surface area contributed by atoms with E-state index in [-0.39, 0.29) is 15.9 Å². The summed E-state index contributed by atoms with van der Waals surface area (Å²) in [6.07, 6.45) is 0.954. The van der Waals surface area contributed by atoms with Crippen LogP contribution in [0.15, 0.2) is 61.5 Å². The Labute approximate surface area is 188 Å². The van der Waals surface area contributed by atoms with Crippen LogP contribution in [0.25, 0.3) is 11.4 Å². The summed E-state index contributed by atoms with van der Waals surface area (Å²) in [5, 5.41) is 0. The highest BCUT2D eigenvalue weighted by molar-refractivity contribution is 9.10. The number of H-pyrrole nitrogens is 1. The van der Waals surface area contributed by atoms with Crippen molar-refractivity contribution >= 4 is 31.7 Å². The molecule has 0 fully saturated rings. The van der Waals surface area contributed by atoms with E-state index in [0.717, 1.165) is 0 Å². The zero-order valence-corrected chi connectivity index (χ0v) is 19.4. The summed E-state index contributed by atoms with van der Waals surface area (Å²) in [5.41, 5.74) is 1.54. The highest BCUT2D eigenvalue weighted by Crippen LogP contribution is 2.34. The van der Waals surface area contributed by atoms with Crippen LogP contribution in [0.1, 0.15) is 36.3 Å². The number of rotatable bonds is 4. The van der Waals surface area contributed by atoms with E-state index in [1.54, 1.807) is 38.1 Å². The van der Waals surface area contributed by atoms with Crippen molar-refractivity contribution in [1.82, 2.24) is 9.55 Å². The van der Waals surface area contributed by atoms with Gasteiger partial charge in [-0.25, -0.2) is 13.2 Å². The first-order valence-corrected chi connectivity index (χ1v) is 12.1. The van der Waals surface area contributed by atoms with Gasteiger partial charge in [-0.15, -0.1) is 0 Å². The van der Waals surface area contributed by atoms with Gasteiger partial charge >= 0.3 is 5.97 Å². The van der Waals surface area contributed by atoms with Crippen molar-refractivity contribution in [3.8, 4) is 11.4 Å². The molecule has 0 unspecified atom stereocenters. The van der Waals surface area contributed by atoms with Crippen LogP contribution in [-0.4, -0.2) is 30.0 Å². The third kappa shape index (κ3) is 3.87. The van der Waals surface area contributed by atoms with E-state index in [4.69, 9.17) is 4.74 Å². The van der Waals surface area contributed by atoms with Gasteiger partial charge in [-0.05, 0) is 72.4 Å². The van der Waals surface area contributed by atoms with Crippen molar-refractivity contribution in [2.45, 2.75) is 49.1 Å². The van der Waals surface area contributed by atoms with Gasteiger partial charge in [-0.1, -0.05) is 18.2 Å². The van der Waals surface area contributed by atoms with E-state index < -0.39 is 21.4 Å². The van der Waals surface area contributed by atoms with Gasteiger partial charge < -0.3 is 14.3 Å². The van der Waals surface area contributed by atoms with Gasteiger partial charge in [0, 0.05) is 6.54 Å². The lowest BCUT2D eigenvalue weighted by atomic mass is 10.1. The van der Waals surface area contributed by atoms with Gasteiger partial charge in [0.2, 0.25) is 9.84 Å². The maximum absolute atomic E-state index is 13.0. The maximum atomic E-state index is 13.0. The fourth-order valence-electron chi connectivity index (χ4n) is 3.76. The summed E-state index contributed by atoms with van der Waals surface area (Å²) >= 11 is 3.43. The van der Waals surface area contributed by atoms with Crippen LogP contribution < -0.4 is 5.56 Å². The average Bonchev–Trinajstić information content (AvgIpc) is 2.95. The SMILES string of the molecule is CC(C)OC(=O)c1c(Br)cc2n1CCCc1cc(S(=O)(=O)c3ccccc3)c(=O)[nH]c1-2. The topological polar surface area (TPSA) is 98.2 Å². The van der Waals surface area contributed by atoms with Crippen molar-refractivity contribution in [2.24, 2.45) is 0 Å². The molecule has 0 bridgehead atoms. The Morgan fingerprint density at radius 3 is 2.58 bits per heavy atom. The summed E-state index contributed by atoms with van der Waals surface area (Å²) in [4.78, 5) is 28.0. The van der Waals surface area contributed by atoms with Gasteiger partial charge in [0.25, 0.3) is 5.56 Å². The molecule has 1 aromatic carbocycles. The van der Waals surface area contributed by atoms with Crippen LogP contribution in [0, 0.1) is 0 Å². The highest BCUT2D eigenvalue weighted by atomic mass is 79.9. The number of fused-ring (bicyclic) bond motifs is 3. The van der Waals surface area contributed by atoms with Crippen molar-refractivity contribution < 1.29 is 17.9 Å². The molecular weight excluding hydrogens is 484 g/mol. The Morgan fingerprint density at radius 1 is 1.19 bits per heavy atom. The molecule has 4 rings (SSSR count). The quantitative estimate of drug-likeness (QED) is 0.542. The maximum Gasteiger partial charge on any atom is 0.356 e. The predicted octanol–water partition coefficient (Wildman–Crippen LogP) is 3.95. The number of carbonyl (C=O) groups excluding carboxylic acids is 1. The number of nitrogens with zero attached hydrogens (tertiary/aromatic N) is 1. The summed E-state index contributed by atoms with van der Waals surface area (Å²) < 4.78 is 33.8. The van der Waals surface area contributed by atoms with Crippen molar-refractivity contribution in [2.75, 3.05) is 0 Å². The largest absolute Gasteiger partial charge is 0.458 e. The minimum absolute atomic E-state index is 0.0684. The van der Waals surface area contributed by atoms with Crippen molar-refractivity contribution in [3.05, 3.63) is 68.5 Å². The lowest BCUT2D eigenvalue weighted by Crippen LogP contribution is -2.20. The number of aryl methyl sites for hydroxylation is 1. The molecule has 0 saturated carbocycles. The number of hydrogen-bond donors (Lipinski definition) is 1. The molecule has 0 radical (unpaired) electrons. The number of nitrogens with one attached hydrogen (secondary N) is 1. The molecule has 3 aromatic rings. The Kier molecular flexibility index (Phi) is 5.65. The van der Waals surface area contributed by atoms with Crippen LogP contribution >= 0.6 is 15.9 Å². The van der Waals surface area contributed by atoms with E-state index in [1.165, 1.54) is 18.2 Å². The second-order valence-electron chi connectivity index (χ2n) is 7.61. The fraction of sp³-hybridized carbons (Fsp3) is 0.273. The molecule has 1 aliphatic heterocycles. The number of pyridine rings is 1. The van der Waals surface area contributed by atoms with Crippen LogP contribution in [0.3, 0.4) is 0 Å². The molecule has 0 amide bonds. The van der Waals surface area contributed by atoms with Gasteiger partial charge in [-0.3, -0.25) is 4.79 Å². The van der Waals surface area contributed by atoms with Crippen LogP contribution in [0.2, 0.25) is 0 Å². The van der Waals surface area contributed by atoms with Crippen LogP contribution in [-0.2, 0) is 27.5 Å². The summed E-state index contributed by atoms with van der Waals surface area (Å²) in [6.45, 7) is 4.08. The minimum atomic E-state index is -3.96. The number of hydrogen-bond acceptors (Lipinski definition) is 5. The summed E-state index contributed by atoms with van der Waals surface area (Å²) in [7, 11) is -3.96. The van der Waals surface area contributed by atoms with E-state index in [9.17, 15) is 18.0 Å². The van der Waals surface area contributed by atoms with E-state index in [0.29, 0.717) is 46.5 Å². The van der Waals surface area contributed by atoms with E-state index in [2.05, 4.69) is 20.9 Å². The van der Waals surface area contributed by atoms with Crippen LogP contribution in [0.5, 0.6) is 0 Å². The molecule has 1 N–H and O–H groups in total. The minimum Gasteiger partial charge on any atom is -0.458 e. The van der Waals surface area contributed by atoms with Gasteiger partial charge in [-0.2, -0.15) is 0 Å². The van der Waals surface area contributed by atoms with E-state index in [1.807, 2.05) is 4.57 Å². The Morgan fingerprint density at radius 2 is 1.90 bits per heavy atom. The fourth-order valence-corrected chi connectivity index (χ4v) is 5.72. The molecule has 1 aliphatic rings. The molecule has 2 aromatic heterocycles. The lowest BCUT2D eigenvalue weighted by molar-refractivity contribution is 0.0364. The third-order valence-electron chi connectivity index (χ3n) is 5.10. The molecule has 0 saturated heterocycles. The van der Waals surface area contributed by atoms with Gasteiger partial charge in [0.15, 0.2) is 0 Å². The first-order valence-electron chi connectivity index (χ1n) is 9.87. The monoisotopic (exact) mass is 504 g/mol. The second kappa shape index (κ2) is 8.12. The molecule has 0 atom stereocenters. The second-order valence-corrected chi connectivity index (χ2v) is 10.4. The molecule has 31 heavy (non-hydrogen) atoms. The number of halogens is 1. The Balaban J connectivity index is 1.86. The number of aromatic nitrogens is 2. The van der Waals surface area contributed by atoms with E-state index >= 15 is 0 Å². The van der Waals surface area contributed by atoms with Crippen LogP contribution in [0.4, 0.5) is 0 Å². The van der Waals surface area contributed by atoms with Crippen molar-refractivity contribution in [1.29, 1.82) is 0 Å². The first-order chi connectivity index (χ1) is 14.7. The standard InChI is InChI=1S/C22H21BrN2O5S/c1-13(2)30-22(27)20-16(23)12-17-19-14(7-6-10-25(17)20)11-18(21(26)24-19)31(28,29)15-8-4-3-5-9-15/h3-5,8-9,11-13H,6-7,10H2,1-2H3,(H,24,26). The molecule has 7 nitrogen and oxygen atoms in total. The average molecular weight is 505 g/mol. The number of esters is 1. The molecule has 3 heterocycles. The zero-order valence-electron chi connectivity index (χ0n) is 17.0. The molecule has 0 spiro atoms. The highest BCUT2D eigenvalue weighted by Gasteiger charge is 2.28. The van der Waals surface area contributed by atoms with Gasteiger partial charge in [0.05, 0.1) is 26.9 Å². The number of sulfone groups is 1. The predicted molar refractivity (Wildman–Crippen MR) is 119 cm³/mol.